The molecule has 0 unspecified atom stereocenters. The van der Waals surface area contributed by atoms with Gasteiger partial charge >= 0.3 is 0 Å². The van der Waals surface area contributed by atoms with Gasteiger partial charge in [0.05, 0.1) is 5.69 Å². The molecule has 3 rings (SSSR count). The number of aromatic nitrogens is 1. The number of hydrogen-bond acceptors (Lipinski definition) is 3. The van der Waals surface area contributed by atoms with Crippen LogP contribution in [-0.4, -0.2) is 36.1 Å². The highest BCUT2D eigenvalue weighted by molar-refractivity contribution is 5.84. The van der Waals surface area contributed by atoms with Gasteiger partial charge in [-0.3, -0.25) is 9.88 Å². The molecule has 17 heavy (non-hydrogen) atoms. The summed E-state index contributed by atoms with van der Waals surface area (Å²) in [5.74, 6) is 0. The summed E-state index contributed by atoms with van der Waals surface area (Å²) in [7, 11) is 0. The Hall–Kier alpha value is -1.45. The monoisotopic (exact) mass is 227 g/mol. The molecular formula is C14H17N3. The number of nitrogens with one attached hydrogen (secondary N) is 1. The number of hydrogen-bond donors (Lipinski definition) is 1. The average Bonchev–Trinajstić information content (AvgIpc) is 2.40. The van der Waals surface area contributed by atoms with E-state index >= 15 is 0 Å². The van der Waals surface area contributed by atoms with Crippen molar-refractivity contribution in [3.8, 4) is 0 Å². The summed E-state index contributed by atoms with van der Waals surface area (Å²) in [5, 5.41) is 5.95. The van der Waals surface area contributed by atoms with Gasteiger partial charge in [-0.2, -0.15) is 0 Å². The summed E-state index contributed by atoms with van der Waals surface area (Å²) in [6.45, 7) is 5.37. The van der Waals surface area contributed by atoms with Crippen LogP contribution in [0.15, 0.2) is 36.5 Å². The number of fused-ring (bicyclic) bond motifs is 1. The van der Waals surface area contributed by atoms with Crippen LogP contribution in [0.3, 0.4) is 0 Å². The average molecular weight is 227 g/mol. The van der Waals surface area contributed by atoms with Crippen LogP contribution in [0.1, 0.15) is 5.69 Å². The lowest BCUT2D eigenvalue weighted by Crippen LogP contribution is -2.43. The van der Waals surface area contributed by atoms with Crippen molar-refractivity contribution in [2.24, 2.45) is 0 Å². The van der Waals surface area contributed by atoms with E-state index in [2.05, 4.69) is 45.5 Å². The van der Waals surface area contributed by atoms with E-state index < -0.39 is 0 Å². The molecule has 0 radical (unpaired) electrons. The highest BCUT2D eigenvalue weighted by Crippen LogP contribution is 2.17. The molecule has 1 aliphatic rings. The summed E-state index contributed by atoms with van der Waals surface area (Å²) in [5.41, 5.74) is 1.20. The van der Waals surface area contributed by atoms with Crippen LogP contribution >= 0.6 is 0 Å². The lowest BCUT2D eigenvalue weighted by Gasteiger charge is -2.27. The van der Waals surface area contributed by atoms with Gasteiger partial charge in [0.15, 0.2) is 0 Å². The maximum absolute atomic E-state index is 4.54. The highest BCUT2D eigenvalue weighted by Gasteiger charge is 2.11. The molecule has 0 saturated carbocycles. The summed E-state index contributed by atoms with van der Waals surface area (Å²) in [6, 6.07) is 10.6. The van der Waals surface area contributed by atoms with Crippen LogP contribution in [0.25, 0.3) is 10.8 Å². The largest absolute Gasteiger partial charge is 0.314 e. The van der Waals surface area contributed by atoms with Crippen molar-refractivity contribution < 1.29 is 0 Å². The van der Waals surface area contributed by atoms with Gasteiger partial charge in [-0.05, 0) is 11.5 Å². The molecule has 1 aromatic carbocycles. The molecule has 0 atom stereocenters. The summed E-state index contributed by atoms with van der Waals surface area (Å²) in [6.07, 6.45) is 1.92. The van der Waals surface area contributed by atoms with Gasteiger partial charge in [-0.1, -0.05) is 24.3 Å². The third-order valence-corrected chi connectivity index (χ3v) is 3.34. The molecule has 1 aromatic heterocycles. The first-order valence-corrected chi connectivity index (χ1v) is 6.19. The van der Waals surface area contributed by atoms with Crippen molar-refractivity contribution in [2.45, 2.75) is 6.54 Å². The van der Waals surface area contributed by atoms with Crippen molar-refractivity contribution in [3.63, 3.8) is 0 Å². The molecule has 2 aromatic rings. The Bertz CT molecular complexity index is 498. The molecule has 88 valence electrons. The Morgan fingerprint density at radius 1 is 1.12 bits per heavy atom. The molecule has 0 aliphatic carbocycles. The number of rotatable bonds is 2. The minimum Gasteiger partial charge on any atom is -0.314 e. The van der Waals surface area contributed by atoms with Gasteiger partial charge in [-0.25, -0.2) is 0 Å². The number of piperazine rings is 1. The molecule has 0 bridgehead atoms. The fraction of sp³-hybridized carbons (Fsp3) is 0.357. The zero-order valence-corrected chi connectivity index (χ0v) is 9.89. The topological polar surface area (TPSA) is 28.2 Å². The maximum Gasteiger partial charge on any atom is 0.0622 e. The Morgan fingerprint density at radius 2 is 1.94 bits per heavy atom. The van der Waals surface area contributed by atoms with E-state index in [0.29, 0.717) is 0 Å². The second-order valence-electron chi connectivity index (χ2n) is 4.50. The zero-order chi connectivity index (χ0) is 11.5. The third-order valence-electron chi connectivity index (χ3n) is 3.34. The van der Waals surface area contributed by atoms with Crippen molar-refractivity contribution >= 4 is 10.8 Å². The normalized spacial score (nSPS) is 17.4. The number of benzene rings is 1. The van der Waals surface area contributed by atoms with Crippen LogP contribution in [-0.2, 0) is 6.54 Å². The standard InChI is InChI=1S/C14H17N3/c1-2-4-13-12(3-1)5-6-16-14(13)11-17-9-7-15-8-10-17/h1-6,15H,7-11H2. The summed E-state index contributed by atoms with van der Waals surface area (Å²) >= 11 is 0. The summed E-state index contributed by atoms with van der Waals surface area (Å²) in [4.78, 5) is 7.00. The van der Waals surface area contributed by atoms with Crippen LogP contribution in [0.4, 0.5) is 0 Å². The van der Waals surface area contributed by atoms with Crippen molar-refractivity contribution in [1.29, 1.82) is 0 Å². The van der Waals surface area contributed by atoms with E-state index in [0.717, 1.165) is 32.7 Å². The quantitative estimate of drug-likeness (QED) is 0.845. The van der Waals surface area contributed by atoms with Gasteiger partial charge in [0.25, 0.3) is 0 Å². The molecule has 0 spiro atoms. The lowest BCUT2D eigenvalue weighted by atomic mass is 10.1. The minimum atomic E-state index is 0.961. The van der Waals surface area contributed by atoms with Crippen molar-refractivity contribution in [2.75, 3.05) is 26.2 Å². The summed E-state index contributed by atoms with van der Waals surface area (Å²) < 4.78 is 0. The van der Waals surface area contributed by atoms with Crippen LogP contribution < -0.4 is 5.32 Å². The maximum atomic E-state index is 4.54. The third kappa shape index (κ3) is 2.30. The van der Waals surface area contributed by atoms with E-state index in [9.17, 15) is 0 Å². The predicted molar refractivity (Wildman–Crippen MR) is 69.9 cm³/mol. The fourth-order valence-electron chi connectivity index (χ4n) is 2.39. The van der Waals surface area contributed by atoms with Crippen LogP contribution in [0.5, 0.6) is 0 Å². The van der Waals surface area contributed by atoms with Gasteiger partial charge in [0, 0.05) is 44.3 Å². The zero-order valence-electron chi connectivity index (χ0n) is 9.89. The Labute approximate surface area is 101 Å². The van der Waals surface area contributed by atoms with E-state index in [1.807, 2.05) is 6.20 Å². The second kappa shape index (κ2) is 4.82. The second-order valence-corrected chi connectivity index (χ2v) is 4.50. The van der Waals surface area contributed by atoms with E-state index in [1.54, 1.807) is 0 Å². The van der Waals surface area contributed by atoms with Gasteiger partial charge in [0.1, 0.15) is 0 Å². The van der Waals surface area contributed by atoms with Gasteiger partial charge in [0.2, 0.25) is 0 Å². The van der Waals surface area contributed by atoms with Crippen molar-refractivity contribution in [3.05, 3.63) is 42.2 Å². The molecular weight excluding hydrogens is 210 g/mol. The van der Waals surface area contributed by atoms with E-state index in [4.69, 9.17) is 0 Å². The SMILES string of the molecule is c1ccc2c(CN3CCNCC3)nccc2c1. The molecule has 3 heteroatoms. The number of pyridine rings is 1. The van der Waals surface area contributed by atoms with E-state index in [-0.39, 0.29) is 0 Å². The smallest absolute Gasteiger partial charge is 0.0622 e. The molecule has 1 fully saturated rings. The van der Waals surface area contributed by atoms with Crippen LogP contribution in [0, 0.1) is 0 Å². The molecule has 2 heterocycles. The van der Waals surface area contributed by atoms with E-state index in [1.165, 1.54) is 16.5 Å². The van der Waals surface area contributed by atoms with Crippen LogP contribution in [0.2, 0.25) is 0 Å². The molecule has 1 N–H and O–H groups in total. The fourth-order valence-corrected chi connectivity index (χ4v) is 2.39. The molecule has 1 aliphatic heterocycles. The first-order valence-electron chi connectivity index (χ1n) is 6.19. The number of nitrogens with zero attached hydrogens (tertiary/aromatic N) is 2. The minimum absolute atomic E-state index is 0.961. The predicted octanol–water partition coefficient (Wildman–Crippen LogP) is 1.64. The van der Waals surface area contributed by atoms with Crippen molar-refractivity contribution in [1.82, 2.24) is 15.2 Å². The molecule has 1 saturated heterocycles. The Balaban J connectivity index is 1.89. The Morgan fingerprint density at radius 3 is 2.82 bits per heavy atom. The first kappa shape index (κ1) is 10.7. The van der Waals surface area contributed by atoms with Gasteiger partial charge in [-0.15, -0.1) is 0 Å². The molecule has 3 nitrogen and oxygen atoms in total. The lowest BCUT2D eigenvalue weighted by molar-refractivity contribution is 0.231. The molecule has 0 amide bonds. The first-order chi connectivity index (χ1) is 8.43. The Kier molecular flexibility index (Phi) is 3.03. The van der Waals surface area contributed by atoms with Gasteiger partial charge < -0.3 is 5.32 Å². The highest BCUT2D eigenvalue weighted by atomic mass is 15.2.